The molecule has 0 aromatic carbocycles. The monoisotopic (exact) mass is 199 g/mol. The number of H-pyrrole nitrogens is 1. The quantitative estimate of drug-likeness (QED) is 0.612. The summed E-state index contributed by atoms with van der Waals surface area (Å²) in [6.45, 7) is 12.0. The maximum Gasteiger partial charge on any atom is 0.0437 e. The first-order valence-corrected chi connectivity index (χ1v) is 5.27. The average Bonchev–Trinajstić information content (AvgIpc) is 2.20. The molecular weight excluding hydrogens is 178 g/mol. The third-order valence-electron chi connectivity index (χ3n) is 1.47. The molecule has 0 saturated carbocycles. The first kappa shape index (κ1) is 14.9. The van der Waals surface area contributed by atoms with Crippen molar-refractivity contribution in [1.82, 2.24) is 4.98 Å². The molecule has 1 aromatic heterocycles. The Balaban J connectivity index is 0. The molecule has 0 radical (unpaired) electrons. The highest BCUT2D eigenvalue weighted by atomic mass is 32.1. The zero-order valence-corrected chi connectivity index (χ0v) is 10.4. The molecule has 2 heteroatoms. The van der Waals surface area contributed by atoms with Crippen molar-refractivity contribution in [3.63, 3.8) is 0 Å². The molecule has 0 amide bonds. The Hall–Kier alpha value is -0.630. The normalized spacial score (nSPS) is 7.54. The van der Waals surface area contributed by atoms with Crippen molar-refractivity contribution in [2.45, 2.75) is 41.5 Å². The van der Waals surface area contributed by atoms with E-state index in [2.05, 4.69) is 4.98 Å². The Bertz CT molecular complexity index is 263. The highest BCUT2D eigenvalue weighted by Gasteiger charge is 1.89. The van der Waals surface area contributed by atoms with E-state index < -0.39 is 0 Å². The lowest BCUT2D eigenvalue weighted by Crippen LogP contribution is -1.84. The van der Waals surface area contributed by atoms with Crippen LogP contribution >= 0.6 is 12.2 Å². The van der Waals surface area contributed by atoms with Gasteiger partial charge in [-0.1, -0.05) is 39.9 Å². The number of rotatable bonds is 0. The molecule has 0 spiro atoms. The van der Waals surface area contributed by atoms with Gasteiger partial charge in [-0.05, 0) is 25.5 Å². The zero-order chi connectivity index (χ0) is 10.9. The Morgan fingerprint density at radius 2 is 1.54 bits per heavy atom. The van der Waals surface area contributed by atoms with Crippen LogP contribution < -0.4 is 0 Å². The van der Waals surface area contributed by atoms with E-state index in [0.29, 0.717) is 0 Å². The summed E-state index contributed by atoms with van der Waals surface area (Å²) in [6.07, 6.45) is 1.87. The van der Waals surface area contributed by atoms with Gasteiger partial charge in [0.1, 0.15) is 0 Å². The minimum absolute atomic E-state index is 0.936. The highest BCUT2D eigenvalue weighted by Crippen LogP contribution is 2.02. The lowest BCUT2D eigenvalue weighted by molar-refractivity contribution is 1.14. The van der Waals surface area contributed by atoms with Gasteiger partial charge in [0.25, 0.3) is 0 Å². The summed E-state index contributed by atoms with van der Waals surface area (Å²) in [5.41, 5.74) is 2.33. The predicted octanol–water partition coefficient (Wildman–Crippen LogP) is 4.41. The molecule has 0 atom stereocenters. The van der Waals surface area contributed by atoms with E-state index in [1.807, 2.05) is 53.8 Å². The number of hydrogen-bond acceptors (Lipinski definition) is 1. The van der Waals surface area contributed by atoms with E-state index in [4.69, 9.17) is 12.2 Å². The molecular formula is C11H21NS. The van der Waals surface area contributed by atoms with Gasteiger partial charge in [0.05, 0.1) is 0 Å². The van der Waals surface area contributed by atoms with Gasteiger partial charge in [0.15, 0.2) is 0 Å². The molecule has 1 N–H and O–H groups in total. The Morgan fingerprint density at radius 1 is 1.08 bits per heavy atom. The fourth-order valence-corrected chi connectivity index (χ4v) is 0.882. The third-order valence-corrected chi connectivity index (χ3v) is 1.91. The van der Waals surface area contributed by atoms with Crippen LogP contribution in [0.2, 0.25) is 0 Å². The smallest absolute Gasteiger partial charge is 0.0437 e. The zero-order valence-electron chi connectivity index (χ0n) is 9.56. The first-order chi connectivity index (χ1) is 6.22. The van der Waals surface area contributed by atoms with Gasteiger partial charge in [-0.15, -0.1) is 0 Å². The SMILES string of the molecule is CC.CC.Cc1[nH]ccc(=S)c1C. The maximum atomic E-state index is 5.02. The fraction of sp³-hybridized carbons (Fsp3) is 0.545. The van der Waals surface area contributed by atoms with Crippen molar-refractivity contribution < 1.29 is 0 Å². The lowest BCUT2D eigenvalue weighted by Gasteiger charge is -1.96. The van der Waals surface area contributed by atoms with E-state index in [-0.39, 0.29) is 0 Å². The van der Waals surface area contributed by atoms with Crippen LogP contribution in [0.5, 0.6) is 0 Å². The van der Waals surface area contributed by atoms with Crippen LogP contribution in [0, 0.1) is 18.4 Å². The topological polar surface area (TPSA) is 15.8 Å². The van der Waals surface area contributed by atoms with Crippen molar-refractivity contribution in [1.29, 1.82) is 0 Å². The average molecular weight is 199 g/mol. The summed E-state index contributed by atoms with van der Waals surface area (Å²) >= 11 is 5.02. The summed E-state index contributed by atoms with van der Waals surface area (Å²) in [5.74, 6) is 0. The van der Waals surface area contributed by atoms with Crippen LogP contribution in [-0.2, 0) is 0 Å². The maximum absolute atomic E-state index is 5.02. The summed E-state index contributed by atoms with van der Waals surface area (Å²) in [5, 5.41) is 0. The second-order valence-corrected chi connectivity index (χ2v) is 2.53. The standard InChI is InChI=1S/C7H9NS.2C2H6/c1-5-6(2)8-4-3-7(5)9;2*1-2/h3-4H,1-2H3,(H,8,9);2*1-2H3. The van der Waals surface area contributed by atoms with Gasteiger partial charge >= 0.3 is 0 Å². The van der Waals surface area contributed by atoms with Crippen LogP contribution in [0.15, 0.2) is 12.3 Å². The van der Waals surface area contributed by atoms with Gasteiger partial charge in [0.2, 0.25) is 0 Å². The van der Waals surface area contributed by atoms with Gasteiger partial charge in [0, 0.05) is 16.4 Å². The number of aryl methyl sites for hydroxylation is 1. The van der Waals surface area contributed by atoms with Crippen molar-refractivity contribution in [2.24, 2.45) is 0 Å². The predicted molar refractivity (Wildman–Crippen MR) is 63.8 cm³/mol. The molecule has 0 aliphatic carbocycles. The summed E-state index contributed by atoms with van der Waals surface area (Å²) in [4.78, 5) is 3.07. The molecule has 0 bridgehead atoms. The number of aromatic amines is 1. The van der Waals surface area contributed by atoms with Crippen LogP contribution in [-0.4, -0.2) is 4.98 Å². The number of nitrogens with one attached hydrogen (secondary N) is 1. The van der Waals surface area contributed by atoms with E-state index in [1.54, 1.807) is 0 Å². The Morgan fingerprint density at radius 3 is 1.85 bits per heavy atom. The van der Waals surface area contributed by atoms with Crippen LogP contribution in [0.4, 0.5) is 0 Å². The second-order valence-electron chi connectivity index (χ2n) is 2.09. The third kappa shape index (κ3) is 5.58. The molecule has 0 aliphatic rings. The molecule has 1 rings (SSSR count). The molecule has 0 unspecified atom stereocenters. The van der Waals surface area contributed by atoms with E-state index in [0.717, 1.165) is 10.2 Å². The van der Waals surface area contributed by atoms with Crippen LogP contribution in [0.3, 0.4) is 0 Å². The molecule has 76 valence electrons. The lowest BCUT2D eigenvalue weighted by atomic mass is 10.2. The van der Waals surface area contributed by atoms with Crippen LogP contribution in [0.1, 0.15) is 39.0 Å². The number of hydrogen-bond donors (Lipinski definition) is 1. The number of pyridine rings is 1. The summed E-state index contributed by atoms with van der Waals surface area (Å²) in [6, 6.07) is 1.90. The largest absolute Gasteiger partial charge is 0.365 e. The molecule has 0 aliphatic heterocycles. The van der Waals surface area contributed by atoms with Gasteiger partial charge in [-0.2, -0.15) is 0 Å². The molecule has 0 fully saturated rings. The molecule has 13 heavy (non-hydrogen) atoms. The van der Waals surface area contributed by atoms with Gasteiger partial charge in [-0.25, -0.2) is 0 Å². The second kappa shape index (κ2) is 9.46. The fourth-order valence-electron chi connectivity index (χ4n) is 0.660. The van der Waals surface area contributed by atoms with Gasteiger partial charge < -0.3 is 4.98 Å². The van der Waals surface area contributed by atoms with Crippen molar-refractivity contribution in [3.8, 4) is 0 Å². The minimum Gasteiger partial charge on any atom is -0.365 e. The van der Waals surface area contributed by atoms with Crippen LogP contribution in [0.25, 0.3) is 0 Å². The Labute approximate surface area is 87.2 Å². The summed E-state index contributed by atoms with van der Waals surface area (Å²) < 4.78 is 0.936. The number of aromatic nitrogens is 1. The van der Waals surface area contributed by atoms with Gasteiger partial charge in [-0.3, -0.25) is 0 Å². The molecule has 1 aromatic rings. The first-order valence-electron chi connectivity index (χ1n) is 4.86. The van der Waals surface area contributed by atoms with Crippen molar-refractivity contribution >= 4 is 12.2 Å². The van der Waals surface area contributed by atoms with Crippen molar-refractivity contribution in [3.05, 3.63) is 28.0 Å². The summed E-state index contributed by atoms with van der Waals surface area (Å²) in [7, 11) is 0. The molecule has 1 heterocycles. The van der Waals surface area contributed by atoms with E-state index in [9.17, 15) is 0 Å². The molecule has 1 nitrogen and oxygen atoms in total. The van der Waals surface area contributed by atoms with E-state index >= 15 is 0 Å². The minimum atomic E-state index is 0.936. The Kier molecular flexibility index (Phi) is 10.8. The van der Waals surface area contributed by atoms with Crippen molar-refractivity contribution in [2.75, 3.05) is 0 Å². The molecule has 0 saturated heterocycles. The highest BCUT2D eigenvalue weighted by molar-refractivity contribution is 7.71. The van der Waals surface area contributed by atoms with E-state index in [1.165, 1.54) is 5.56 Å².